The Morgan fingerprint density at radius 2 is 1.76 bits per heavy atom. The lowest BCUT2D eigenvalue weighted by atomic mass is 9.68. The van der Waals surface area contributed by atoms with Gasteiger partial charge in [0.25, 0.3) is 0 Å². The van der Waals surface area contributed by atoms with E-state index in [1.54, 1.807) is 18.9 Å². The molecule has 0 saturated carbocycles. The fourth-order valence-corrected chi connectivity index (χ4v) is 5.19. The third-order valence-electron chi connectivity index (χ3n) is 6.44. The van der Waals surface area contributed by atoms with E-state index in [1.807, 2.05) is 61.7 Å². The first kappa shape index (κ1) is 24.1. The molecule has 1 aliphatic carbocycles. The van der Waals surface area contributed by atoms with Crippen molar-refractivity contribution in [3.63, 3.8) is 0 Å². The summed E-state index contributed by atoms with van der Waals surface area (Å²) in [4.78, 5) is 27.9. The molecule has 0 fully saturated rings. The van der Waals surface area contributed by atoms with E-state index in [9.17, 15) is 9.59 Å². The average Bonchev–Trinajstić information content (AvgIpc) is 2.81. The van der Waals surface area contributed by atoms with Crippen molar-refractivity contribution in [3.8, 4) is 5.75 Å². The molecule has 0 amide bonds. The van der Waals surface area contributed by atoms with Crippen LogP contribution in [0.5, 0.6) is 5.75 Å². The normalized spacial score (nSPS) is 19.4. The van der Waals surface area contributed by atoms with Gasteiger partial charge in [0, 0.05) is 34.2 Å². The van der Waals surface area contributed by atoms with Crippen molar-refractivity contribution in [1.82, 2.24) is 5.32 Å². The van der Waals surface area contributed by atoms with Crippen LogP contribution in [0.3, 0.4) is 0 Å². The van der Waals surface area contributed by atoms with Crippen molar-refractivity contribution in [2.45, 2.75) is 51.0 Å². The Labute approximate surface area is 205 Å². The van der Waals surface area contributed by atoms with E-state index in [0.717, 1.165) is 39.6 Å². The Bertz CT molecular complexity index is 1160. The van der Waals surface area contributed by atoms with E-state index in [2.05, 4.69) is 19.2 Å². The summed E-state index contributed by atoms with van der Waals surface area (Å²) in [5, 5.41) is 3.39. The minimum Gasteiger partial charge on any atom is -0.497 e. The topological polar surface area (TPSA) is 64.6 Å². The number of esters is 1. The minimum absolute atomic E-state index is 0.0886. The average molecular weight is 478 g/mol. The molecule has 0 aromatic heterocycles. The summed E-state index contributed by atoms with van der Waals surface area (Å²) in [5.41, 5.74) is 4.52. The van der Waals surface area contributed by atoms with E-state index in [0.29, 0.717) is 17.6 Å². The third kappa shape index (κ3) is 4.92. The second kappa shape index (κ2) is 9.71. The summed E-state index contributed by atoms with van der Waals surface area (Å²) < 4.78 is 10.9. The summed E-state index contributed by atoms with van der Waals surface area (Å²) >= 11 is 1.66. The summed E-state index contributed by atoms with van der Waals surface area (Å²) in [6.45, 7) is 6.25. The Balaban J connectivity index is 1.68. The molecule has 5 nitrogen and oxygen atoms in total. The number of dihydropyridines is 1. The quantitative estimate of drug-likeness (QED) is 0.421. The number of nitrogens with one attached hydrogen (secondary N) is 1. The predicted molar refractivity (Wildman–Crippen MR) is 135 cm³/mol. The smallest absolute Gasteiger partial charge is 0.337 e. The van der Waals surface area contributed by atoms with Crippen molar-refractivity contribution in [3.05, 3.63) is 82.2 Å². The molecule has 1 aliphatic heterocycles. The first-order valence-electron chi connectivity index (χ1n) is 11.4. The van der Waals surface area contributed by atoms with Gasteiger partial charge in [0.2, 0.25) is 0 Å². The number of allylic oxidation sites excluding steroid dienone is 3. The number of ketones is 1. The van der Waals surface area contributed by atoms with Gasteiger partial charge < -0.3 is 14.8 Å². The van der Waals surface area contributed by atoms with Crippen LogP contribution in [0.25, 0.3) is 0 Å². The molecule has 0 saturated heterocycles. The van der Waals surface area contributed by atoms with Crippen LogP contribution in [-0.4, -0.2) is 25.1 Å². The van der Waals surface area contributed by atoms with Crippen molar-refractivity contribution in [2.24, 2.45) is 5.41 Å². The Morgan fingerprint density at radius 1 is 1.09 bits per heavy atom. The molecule has 4 rings (SSSR count). The van der Waals surface area contributed by atoms with Crippen LogP contribution >= 0.6 is 11.8 Å². The number of carbonyl (C=O) groups excluding carboxylic acids is 2. The maximum Gasteiger partial charge on any atom is 0.337 e. The lowest BCUT2D eigenvalue weighted by Crippen LogP contribution is -2.38. The van der Waals surface area contributed by atoms with E-state index >= 15 is 0 Å². The van der Waals surface area contributed by atoms with Gasteiger partial charge in [-0.05, 0) is 60.4 Å². The Hall–Kier alpha value is -2.99. The van der Waals surface area contributed by atoms with Crippen LogP contribution in [0.2, 0.25) is 0 Å². The van der Waals surface area contributed by atoms with Gasteiger partial charge in [-0.2, -0.15) is 0 Å². The molecule has 2 aromatic rings. The zero-order chi connectivity index (χ0) is 24.5. The maximum atomic E-state index is 13.4. The van der Waals surface area contributed by atoms with Gasteiger partial charge in [0.1, 0.15) is 12.4 Å². The number of hydrogen-bond acceptors (Lipinski definition) is 6. The zero-order valence-corrected chi connectivity index (χ0v) is 21.2. The van der Waals surface area contributed by atoms with Crippen LogP contribution in [0, 0.1) is 5.41 Å². The minimum atomic E-state index is -0.445. The SMILES string of the molecule is COc1ccc(COC(=O)C2=C(C)NC3=C(C(=O)CC(C)(C)C3)[C@@H]2c2ccc(SC)cc2)cc1. The van der Waals surface area contributed by atoms with Gasteiger partial charge in [-0.15, -0.1) is 11.8 Å². The molecule has 0 spiro atoms. The van der Waals surface area contributed by atoms with Crippen LogP contribution in [0.4, 0.5) is 0 Å². The molecule has 0 radical (unpaired) electrons. The number of ether oxygens (including phenoxy) is 2. The van der Waals surface area contributed by atoms with Gasteiger partial charge in [-0.25, -0.2) is 4.79 Å². The van der Waals surface area contributed by atoms with Crippen molar-refractivity contribution in [2.75, 3.05) is 13.4 Å². The van der Waals surface area contributed by atoms with Crippen LogP contribution in [-0.2, 0) is 20.9 Å². The molecule has 1 N–H and O–H groups in total. The van der Waals surface area contributed by atoms with Gasteiger partial charge in [-0.3, -0.25) is 4.79 Å². The summed E-state index contributed by atoms with van der Waals surface area (Å²) in [5.74, 6) is -0.0224. The zero-order valence-electron chi connectivity index (χ0n) is 20.4. The summed E-state index contributed by atoms with van der Waals surface area (Å²) in [7, 11) is 1.61. The Kier molecular flexibility index (Phi) is 6.89. The number of methoxy groups -OCH3 is 1. The van der Waals surface area contributed by atoms with Gasteiger partial charge in [0.05, 0.1) is 12.7 Å². The summed E-state index contributed by atoms with van der Waals surface area (Å²) in [6.07, 6.45) is 3.25. The lowest BCUT2D eigenvalue weighted by molar-refractivity contribution is -0.140. The third-order valence-corrected chi connectivity index (χ3v) is 7.18. The van der Waals surface area contributed by atoms with Crippen LogP contribution in [0.1, 0.15) is 50.7 Å². The first-order chi connectivity index (χ1) is 16.2. The van der Waals surface area contributed by atoms with Gasteiger partial charge in [0.15, 0.2) is 5.78 Å². The fourth-order valence-electron chi connectivity index (χ4n) is 4.78. The highest BCUT2D eigenvalue weighted by Crippen LogP contribution is 2.47. The number of rotatable bonds is 6. The molecule has 34 heavy (non-hydrogen) atoms. The molecule has 0 bridgehead atoms. The summed E-state index contributed by atoms with van der Waals surface area (Å²) in [6, 6.07) is 15.5. The number of carbonyl (C=O) groups is 2. The largest absolute Gasteiger partial charge is 0.497 e. The van der Waals surface area contributed by atoms with Crippen molar-refractivity contribution < 1.29 is 19.1 Å². The number of benzene rings is 2. The van der Waals surface area contributed by atoms with Crippen LogP contribution in [0.15, 0.2) is 76.0 Å². The number of Topliss-reactive ketones (excluding diaryl/α,β-unsaturated/α-hetero) is 1. The standard InChI is InChI=1S/C28H31NO4S/c1-17-24(27(31)33-16-18-6-10-20(32-4)11-7-18)25(19-8-12-21(34-5)13-9-19)26-22(29-17)14-28(2,3)15-23(26)30/h6-13,25,29H,14-16H2,1-5H3/t25-/m1/s1. The van der Waals surface area contributed by atoms with E-state index in [4.69, 9.17) is 9.47 Å². The van der Waals surface area contributed by atoms with E-state index in [1.165, 1.54) is 0 Å². The Morgan fingerprint density at radius 3 is 2.38 bits per heavy atom. The molecule has 1 heterocycles. The first-order valence-corrected chi connectivity index (χ1v) is 12.6. The molecule has 2 aliphatic rings. The second-order valence-corrected chi connectivity index (χ2v) is 10.5. The maximum absolute atomic E-state index is 13.4. The lowest BCUT2D eigenvalue weighted by Gasteiger charge is -2.39. The fraction of sp³-hybridized carbons (Fsp3) is 0.357. The van der Waals surface area contributed by atoms with Crippen LogP contribution < -0.4 is 10.1 Å². The van der Waals surface area contributed by atoms with Crippen molar-refractivity contribution in [1.29, 1.82) is 0 Å². The molecule has 0 unspecified atom stereocenters. The monoisotopic (exact) mass is 477 g/mol. The van der Waals surface area contributed by atoms with Crippen molar-refractivity contribution >= 4 is 23.5 Å². The van der Waals surface area contributed by atoms with Gasteiger partial charge in [-0.1, -0.05) is 38.1 Å². The predicted octanol–water partition coefficient (Wildman–Crippen LogP) is 5.76. The highest BCUT2D eigenvalue weighted by Gasteiger charge is 2.43. The molecule has 178 valence electrons. The van der Waals surface area contributed by atoms with Gasteiger partial charge >= 0.3 is 5.97 Å². The molecule has 2 aromatic carbocycles. The number of hydrogen-bond donors (Lipinski definition) is 1. The highest BCUT2D eigenvalue weighted by molar-refractivity contribution is 7.98. The van der Waals surface area contributed by atoms with E-state index < -0.39 is 11.9 Å². The molecule has 1 atom stereocenters. The molecular weight excluding hydrogens is 446 g/mol. The number of thioether (sulfide) groups is 1. The highest BCUT2D eigenvalue weighted by atomic mass is 32.2. The molecular formula is C28H31NO4S. The molecule has 6 heteroatoms. The van der Waals surface area contributed by atoms with E-state index in [-0.39, 0.29) is 17.8 Å². The second-order valence-electron chi connectivity index (χ2n) is 9.63.